The molecule has 0 radical (unpaired) electrons. The third-order valence-electron chi connectivity index (χ3n) is 4.07. The van der Waals surface area contributed by atoms with Crippen molar-refractivity contribution in [3.05, 3.63) is 96.1 Å². The smallest absolute Gasteiger partial charge is 0.264 e. The Hall–Kier alpha value is -4.00. The van der Waals surface area contributed by atoms with Crippen molar-refractivity contribution in [2.45, 2.75) is 6.61 Å². The van der Waals surface area contributed by atoms with Gasteiger partial charge in [-0.1, -0.05) is 53.7 Å². The molecule has 0 saturated heterocycles. The lowest BCUT2D eigenvalue weighted by Crippen LogP contribution is -2.13. The number of rotatable bonds is 6. The van der Waals surface area contributed by atoms with Crippen molar-refractivity contribution >= 4 is 11.6 Å². The average molecular weight is 389 g/mol. The molecule has 6 nitrogen and oxygen atoms in total. The highest BCUT2D eigenvalue weighted by molar-refractivity contribution is 6.06. The summed E-state index contributed by atoms with van der Waals surface area (Å²) >= 11 is 0. The maximum absolute atomic E-state index is 13.3. The highest BCUT2D eigenvalue weighted by Crippen LogP contribution is 2.22. The summed E-state index contributed by atoms with van der Waals surface area (Å²) in [6.45, 7) is 0.00406. The first-order valence-electron chi connectivity index (χ1n) is 8.86. The molecule has 29 heavy (non-hydrogen) atoms. The molecule has 1 heterocycles. The van der Waals surface area contributed by atoms with Gasteiger partial charge in [0.2, 0.25) is 5.82 Å². The van der Waals surface area contributed by atoms with E-state index in [-0.39, 0.29) is 12.5 Å². The van der Waals surface area contributed by atoms with Crippen molar-refractivity contribution in [1.82, 2.24) is 10.1 Å². The van der Waals surface area contributed by atoms with E-state index in [1.54, 1.807) is 30.3 Å². The first-order valence-corrected chi connectivity index (χ1v) is 8.86. The molecule has 0 aliphatic carbocycles. The Bertz CT molecular complexity index is 1130. The molecular formula is C22H16FN3O3. The summed E-state index contributed by atoms with van der Waals surface area (Å²) < 4.78 is 24.3. The van der Waals surface area contributed by atoms with Gasteiger partial charge in [0.15, 0.2) is 6.61 Å². The molecule has 1 N–H and O–H groups in total. The summed E-state index contributed by atoms with van der Waals surface area (Å²) in [7, 11) is 0. The van der Waals surface area contributed by atoms with E-state index in [4.69, 9.17) is 9.26 Å². The van der Waals surface area contributed by atoms with Crippen molar-refractivity contribution in [1.29, 1.82) is 0 Å². The Balaban J connectivity index is 1.46. The molecule has 144 valence electrons. The van der Waals surface area contributed by atoms with Gasteiger partial charge in [-0.2, -0.15) is 4.98 Å². The maximum Gasteiger partial charge on any atom is 0.264 e. The number of nitrogens with zero attached hydrogens (tertiary/aromatic N) is 2. The maximum atomic E-state index is 13.3. The van der Waals surface area contributed by atoms with E-state index in [1.807, 2.05) is 30.3 Å². The van der Waals surface area contributed by atoms with Crippen LogP contribution >= 0.6 is 0 Å². The first kappa shape index (κ1) is 18.4. The van der Waals surface area contributed by atoms with E-state index in [0.29, 0.717) is 22.8 Å². The van der Waals surface area contributed by atoms with E-state index in [9.17, 15) is 9.18 Å². The zero-order chi connectivity index (χ0) is 20.1. The van der Waals surface area contributed by atoms with Crippen LogP contribution in [0.1, 0.15) is 16.2 Å². The number of ether oxygens (including phenoxy) is 1. The standard InChI is InChI=1S/C22H16FN3O3/c23-16-9-6-10-17(13-16)24-22(27)18-11-4-5-12-19(18)28-14-20-25-21(26-29-20)15-7-2-1-3-8-15/h1-13H,14H2,(H,24,27). The van der Waals surface area contributed by atoms with Crippen LogP contribution in [-0.4, -0.2) is 16.0 Å². The van der Waals surface area contributed by atoms with E-state index >= 15 is 0 Å². The Morgan fingerprint density at radius 2 is 1.79 bits per heavy atom. The lowest BCUT2D eigenvalue weighted by atomic mass is 10.2. The van der Waals surface area contributed by atoms with Crippen molar-refractivity contribution in [3.63, 3.8) is 0 Å². The van der Waals surface area contributed by atoms with E-state index in [2.05, 4.69) is 15.5 Å². The van der Waals surface area contributed by atoms with E-state index in [1.165, 1.54) is 18.2 Å². The second kappa shape index (κ2) is 8.35. The Kier molecular flexibility index (Phi) is 5.29. The average Bonchev–Trinajstić information content (AvgIpc) is 3.22. The lowest BCUT2D eigenvalue weighted by Gasteiger charge is -2.10. The second-order valence-electron chi connectivity index (χ2n) is 6.13. The van der Waals surface area contributed by atoms with Crippen LogP contribution in [0.15, 0.2) is 83.4 Å². The van der Waals surface area contributed by atoms with E-state index < -0.39 is 11.7 Å². The van der Waals surface area contributed by atoms with Crippen LogP contribution in [-0.2, 0) is 6.61 Å². The first-order chi connectivity index (χ1) is 14.2. The molecule has 4 rings (SSSR count). The number of aromatic nitrogens is 2. The predicted octanol–water partition coefficient (Wildman–Crippen LogP) is 4.71. The van der Waals surface area contributed by atoms with Crippen LogP contribution in [0.2, 0.25) is 0 Å². The molecule has 3 aromatic carbocycles. The van der Waals surface area contributed by atoms with Crippen LogP contribution in [0.4, 0.5) is 10.1 Å². The van der Waals surface area contributed by atoms with Crippen LogP contribution in [0.5, 0.6) is 5.75 Å². The summed E-state index contributed by atoms with van der Waals surface area (Å²) in [5, 5.41) is 6.59. The summed E-state index contributed by atoms with van der Waals surface area (Å²) in [6, 6.07) is 21.8. The van der Waals surface area contributed by atoms with Crippen LogP contribution in [0, 0.1) is 5.82 Å². The van der Waals surface area contributed by atoms with Gasteiger partial charge in [0.25, 0.3) is 11.8 Å². The SMILES string of the molecule is O=C(Nc1cccc(F)c1)c1ccccc1OCc1nc(-c2ccccc2)no1. The third-order valence-corrected chi connectivity index (χ3v) is 4.07. The topological polar surface area (TPSA) is 77.2 Å². The van der Waals surface area contributed by atoms with Crippen molar-refractivity contribution in [3.8, 4) is 17.1 Å². The number of amides is 1. The Morgan fingerprint density at radius 1 is 1.00 bits per heavy atom. The molecule has 1 amide bonds. The normalized spacial score (nSPS) is 10.5. The highest BCUT2D eigenvalue weighted by Gasteiger charge is 2.15. The molecule has 0 aliphatic heterocycles. The Labute approximate surface area is 166 Å². The fourth-order valence-corrected chi connectivity index (χ4v) is 2.70. The number of halogens is 1. The largest absolute Gasteiger partial charge is 0.483 e. The minimum Gasteiger partial charge on any atom is -0.483 e. The number of para-hydroxylation sites is 1. The Morgan fingerprint density at radius 3 is 2.62 bits per heavy atom. The second-order valence-corrected chi connectivity index (χ2v) is 6.13. The number of anilines is 1. The number of benzene rings is 3. The van der Waals surface area contributed by atoms with Gasteiger partial charge in [-0.3, -0.25) is 4.79 Å². The van der Waals surface area contributed by atoms with Gasteiger partial charge < -0.3 is 14.6 Å². The molecule has 7 heteroatoms. The zero-order valence-electron chi connectivity index (χ0n) is 15.2. The van der Waals surface area contributed by atoms with Crippen molar-refractivity contribution in [2.75, 3.05) is 5.32 Å². The predicted molar refractivity (Wildman–Crippen MR) is 105 cm³/mol. The molecular weight excluding hydrogens is 373 g/mol. The summed E-state index contributed by atoms with van der Waals surface area (Å²) in [4.78, 5) is 16.9. The lowest BCUT2D eigenvalue weighted by molar-refractivity contribution is 0.102. The fourth-order valence-electron chi connectivity index (χ4n) is 2.70. The number of hydrogen-bond donors (Lipinski definition) is 1. The summed E-state index contributed by atoms with van der Waals surface area (Å²) in [5.74, 6) is 0.242. The minimum atomic E-state index is -0.432. The monoisotopic (exact) mass is 389 g/mol. The van der Waals surface area contributed by atoms with Gasteiger partial charge in [-0.15, -0.1) is 0 Å². The van der Waals surface area contributed by atoms with Gasteiger partial charge >= 0.3 is 0 Å². The molecule has 0 unspecified atom stereocenters. The van der Waals surface area contributed by atoms with Crippen molar-refractivity contribution < 1.29 is 18.4 Å². The van der Waals surface area contributed by atoms with Gasteiger partial charge in [0.05, 0.1) is 5.56 Å². The molecule has 4 aromatic rings. The van der Waals surface area contributed by atoms with Gasteiger partial charge in [-0.25, -0.2) is 4.39 Å². The fraction of sp³-hybridized carbons (Fsp3) is 0.0455. The third kappa shape index (κ3) is 4.47. The number of carbonyl (C=O) groups is 1. The molecule has 0 aliphatic rings. The van der Waals surface area contributed by atoms with Gasteiger partial charge in [-0.05, 0) is 30.3 Å². The van der Waals surface area contributed by atoms with Crippen molar-refractivity contribution in [2.24, 2.45) is 0 Å². The minimum absolute atomic E-state index is 0.00406. The van der Waals surface area contributed by atoms with E-state index in [0.717, 1.165) is 5.56 Å². The number of hydrogen-bond acceptors (Lipinski definition) is 5. The van der Waals surface area contributed by atoms with Gasteiger partial charge in [0, 0.05) is 11.3 Å². The molecule has 0 atom stereocenters. The highest BCUT2D eigenvalue weighted by atomic mass is 19.1. The molecule has 0 spiro atoms. The zero-order valence-corrected chi connectivity index (χ0v) is 15.2. The molecule has 0 bridgehead atoms. The summed E-state index contributed by atoms with van der Waals surface area (Å²) in [6.07, 6.45) is 0. The quantitative estimate of drug-likeness (QED) is 0.517. The molecule has 0 saturated carbocycles. The number of carbonyl (C=O) groups excluding carboxylic acids is 1. The van der Waals surface area contributed by atoms with Gasteiger partial charge in [0.1, 0.15) is 11.6 Å². The number of nitrogens with one attached hydrogen (secondary N) is 1. The summed E-state index contributed by atoms with van der Waals surface area (Å²) in [5.41, 5.74) is 1.49. The van der Waals surface area contributed by atoms with Crippen LogP contribution in [0.25, 0.3) is 11.4 Å². The van der Waals surface area contributed by atoms with Crippen LogP contribution in [0.3, 0.4) is 0 Å². The molecule has 1 aromatic heterocycles. The molecule has 0 fully saturated rings. The van der Waals surface area contributed by atoms with Crippen LogP contribution < -0.4 is 10.1 Å².